The number of aliphatic carboxylic acids is 1. The van der Waals surface area contributed by atoms with Gasteiger partial charge >= 0.3 is 5.97 Å². The third kappa shape index (κ3) is 4.59. The van der Waals surface area contributed by atoms with Gasteiger partial charge in [0.15, 0.2) is 18.1 Å². The number of fused-ring (bicyclic) bond motifs is 1. The Labute approximate surface area is 161 Å². The molecule has 2 aromatic carbocycles. The van der Waals surface area contributed by atoms with Crippen molar-refractivity contribution < 1.29 is 24.2 Å². The van der Waals surface area contributed by atoms with Crippen LogP contribution >= 0.6 is 0 Å². The molecule has 0 aliphatic rings. The third-order valence-electron chi connectivity index (χ3n) is 3.96. The van der Waals surface area contributed by atoms with Crippen molar-refractivity contribution in [2.75, 3.05) is 13.2 Å². The molecule has 0 atom stereocenters. The average molecular weight is 383 g/mol. The second kappa shape index (κ2) is 8.43. The summed E-state index contributed by atoms with van der Waals surface area (Å²) in [6, 6.07) is 10.5. The first-order chi connectivity index (χ1) is 13.5. The fourth-order valence-corrected chi connectivity index (χ4v) is 2.70. The van der Waals surface area contributed by atoms with E-state index in [1.165, 1.54) is 12.1 Å². The normalized spacial score (nSPS) is 10.6. The Kier molecular flexibility index (Phi) is 5.78. The number of benzene rings is 2. The molecule has 1 aromatic heterocycles. The van der Waals surface area contributed by atoms with Gasteiger partial charge in [-0.2, -0.15) is 0 Å². The highest BCUT2D eigenvalue weighted by atomic mass is 16.5. The second-order valence-corrected chi connectivity index (χ2v) is 6.16. The number of nitrogens with one attached hydrogen (secondary N) is 2. The number of imidazole rings is 1. The van der Waals surface area contributed by atoms with Crippen molar-refractivity contribution in [3.05, 3.63) is 53.3 Å². The molecule has 0 saturated heterocycles. The zero-order valence-electron chi connectivity index (χ0n) is 15.6. The van der Waals surface area contributed by atoms with Gasteiger partial charge in [0.1, 0.15) is 5.82 Å². The van der Waals surface area contributed by atoms with Crippen LogP contribution in [0.25, 0.3) is 11.0 Å². The molecule has 8 heteroatoms. The molecule has 0 aliphatic heterocycles. The van der Waals surface area contributed by atoms with Gasteiger partial charge in [-0.05, 0) is 49.7 Å². The Morgan fingerprint density at radius 3 is 2.71 bits per heavy atom. The van der Waals surface area contributed by atoms with E-state index in [1.807, 2.05) is 25.1 Å². The maximum absolute atomic E-state index is 12.5. The van der Waals surface area contributed by atoms with Gasteiger partial charge in [-0.15, -0.1) is 0 Å². The fourth-order valence-electron chi connectivity index (χ4n) is 2.70. The number of ether oxygens (including phenoxy) is 2. The number of carbonyl (C=O) groups excluding carboxylic acids is 1. The van der Waals surface area contributed by atoms with Crippen molar-refractivity contribution in [1.82, 2.24) is 15.3 Å². The highest BCUT2D eigenvalue weighted by molar-refractivity contribution is 5.94. The highest BCUT2D eigenvalue weighted by Crippen LogP contribution is 2.28. The van der Waals surface area contributed by atoms with Crippen molar-refractivity contribution in [3.63, 3.8) is 0 Å². The first kappa shape index (κ1) is 19.2. The molecule has 0 saturated carbocycles. The number of nitrogens with zero attached hydrogens (tertiary/aromatic N) is 1. The minimum atomic E-state index is -1.09. The molecule has 0 unspecified atom stereocenters. The average Bonchev–Trinajstić information content (AvgIpc) is 3.07. The molecule has 3 aromatic rings. The topological polar surface area (TPSA) is 114 Å². The van der Waals surface area contributed by atoms with Crippen LogP contribution in [-0.2, 0) is 11.3 Å². The van der Waals surface area contributed by atoms with Gasteiger partial charge in [0.25, 0.3) is 5.91 Å². The Hall–Kier alpha value is -3.55. The number of hydrogen-bond donors (Lipinski definition) is 3. The maximum atomic E-state index is 12.5. The Morgan fingerprint density at radius 2 is 1.96 bits per heavy atom. The summed E-state index contributed by atoms with van der Waals surface area (Å²) in [4.78, 5) is 30.8. The van der Waals surface area contributed by atoms with Gasteiger partial charge in [0, 0.05) is 5.56 Å². The van der Waals surface area contributed by atoms with E-state index in [0.29, 0.717) is 23.7 Å². The SMILES string of the molecule is CCOc1cc(C(=O)NCc2nc3ccc(C)cc3[nH]2)ccc1OCC(=O)O. The minimum Gasteiger partial charge on any atom is -0.490 e. The molecule has 28 heavy (non-hydrogen) atoms. The summed E-state index contributed by atoms with van der Waals surface area (Å²) in [7, 11) is 0. The zero-order valence-corrected chi connectivity index (χ0v) is 15.6. The van der Waals surface area contributed by atoms with E-state index < -0.39 is 12.6 Å². The first-order valence-corrected chi connectivity index (χ1v) is 8.81. The number of carbonyl (C=O) groups is 2. The standard InChI is InChI=1S/C20H21N3O5/c1-3-27-17-9-13(5-7-16(17)28-11-19(24)25)20(26)21-10-18-22-14-6-4-12(2)8-15(14)23-18/h4-9H,3,10-11H2,1-2H3,(H,21,26)(H,22,23)(H,24,25). The van der Waals surface area contributed by atoms with Crippen LogP contribution in [-0.4, -0.2) is 40.2 Å². The summed E-state index contributed by atoms with van der Waals surface area (Å²) in [6.45, 7) is 3.90. The molecule has 0 bridgehead atoms. The van der Waals surface area contributed by atoms with Gasteiger partial charge in [0.05, 0.1) is 24.2 Å². The summed E-state index contributed by atoms with van der Waals surface area (Å²) in [5.74, 6) is -0.155. The van der Waals surface area contributed by atoms with Crippen LogP contribution in [0.1, 0.15) is 28.7 Å². The summed E-state index contributed by atoms with van der Waals surface area (Å²) < 4.78 is 10.6. The van der Waals surface area contributed by atoms with Crippen LogP contribution in [0, 0.1) is 6.92 Å². The maximum Gasteiger partial charge on any atom is 0.341 e. The van der Waals surface area contributed by atoms with Crippen molar-refractivity contribution in [2.45, 2.75) is 20.4 Å². The molecule has 0 fully saturated rings. The first-order valence-electron chi connectivity index (χ1n) is 8.81. The number of amides is 1. The van der Waals surface area contributed by atoms with Crippen LogP contribution in [0.4, 0.5) is 0 Å². The predicted octanol–water partition coefficient (Wildman–Crippen LogP) is 2.66. The van der Waals surface area contributed by atoms with Gasteiger partial charge in [-0.25, -0.2) is 9.78 Å². The molecule has 0 spiro atoms. The molecule has 1 amide bonds. The van der Waals surface area contributed by atoms with E-state index in [2.05, 4.69) is 15.3 Å². The highest BCUT2D eigenvalue weighted by Gasteiger charge is 2.13. The number of rotatable bonds is 8. The molecule has 1 heterocycles. The fraction of sp³-hybridized carbons (Fsp3) is 0.250. The number of aryl methyl sites for hydroxylation is 1. The molecule has 0 aliphatic carbocycles. The van der Waals surface area contributed by atoms with E-state index in [1.54, 1.807) is 13.0 Å². The van der Waals surface area contributed by atoms with Crippen LogP contribution < -0.4 is 14.8 Å². The number of carboxylic acids is 1. The molecule has 8 nitrogen and oxygen atoms in total. The van der Waals surface area contributed by atoms with Crippen molar-refractivity contribution in [1.29, 1.82) is 0 Å². The summed E-state index contributed by atoms with van der Waals surface area (Å²) in [5.41, 5.74) is 3.26. The van der Waals surface area contributed by atoms with E-state index in [0.717, 1.165) is 16.6 Å². The quantitative estimate of drug-likeness (QED) is 0.551. The molecule has 3 rings (SSSR count). The second-order valence-electron chi connectivity index (χ2n) is 6.16. The molecule has 3 N–H and O–H groups in total. The lowest BCUT2D eigenvalue weighted by atomic mass is 10.2. The van der Waals surface area contributed by atoms with Gasteiger partial charge < -0.3 is 24.9 Å². The largest absolute Gasteiger partial charge is 0.490 e. The Morgan fingerprint density at radius 1 is 1.14 bits per heavy atom. The van der Waals surface area contributed by atoms with Crippen molar-refractivity contribution in [2.24, 2.45) is 0 Å². The zero-order chi connectivity index (χ0) is 20.1. The van der Waals surface area contributed by atoms with E-state index in [9.17, 15) is 9.59 Å². The van der Waals surface area contributed by atoms with Crippen LogP contribution in [0.2, 0.25) is 0 Å². The number of H-pyrrole nitrogens is 1. The van der Waals surface area contributed by atoms with E-state index in [4.69, 9.17) is 14.6 Å². The number of hydrogen-bond acceptors (Lipinski definition) is 5. The van der Waals surface area contributed by atoms with Crippen LogP contribution in [0.3, 0.4) is 0 Å². The smallest absolute Gasteiger partial charge is 0.341 e. The molecular formula is C20H21N3O5. The predicted molar refractivity (Wildman–Crippen MR) is 103 cm³/mol. The summed E-state index contributed by atoms with van der Waals surface area (Å²) in [6.07, 6.45) is 0. The number of aromatic nitrogens is 2. The minimum absolute atomic E-state index is 0.244. The van der Waals surface area contributed by atoms with Crippen LogP contribution in [0.15, 0.2) is 36.4 Å². The van der Waals surface area contributed by atoms with Gasteiger partial charge in [-0.1, -0.05) is 6.07 Å². The van der Waals surface area contributed by atoms with Crippen molar-refractivity contribution >= 4 is 22.9 Å². The van der Waals surface area contributed by atoms with Crippen molar-refractivity contribution in [3.8, 4) is 11.5 Å². The third-order valence-corrected chi connectivity index (χ3v) is 3.96. The number of carboxylic acid groups (broad SMARTS) is 1. The molecular weight excluding hydrogens is 362 g/mol. The Bertz CT molecular complexity index is 1010. The van der Waals surface area contributed by atoms with Crippen LogP contribution in [0.5, 0.6) is 11.5 Å². The lowest BCUT2D eigenvalue weighted by Crippen LogP contribution is -2.23. The van der Waals surface area contributed by atoms with E-state index in [-0.39, 0.29) is 18.2 Å². The monoisotopic (exact) mass is 383 g/mol. The Balaban J connectivity index is 1.70. The summed E-state index contributed by atoms with van der Waals surface area (Å²) >= 11 is 0. The number of aromatic amines is 1. The van der Waals surface area contributed by atoms with E-state index >= 15 is 0 Å². The van der Waals surface area contributed by atoms with Gasteiger partial charge in [0.2, 0.25) is 0 Å². The van der Waals surface area contributed by atoms with Gasteiger partial charge in [-0.3, -0.25) is 4.79 Å². The summed E-state index contributed by atoms with van der Waals surface area (Å²) in [5, 5.41) is 11.6. The lowest BCUT2D eigenvalue weighted by Gasteiger charge is -2.12. The molecule has 146 valence electrons. The lowest BCUT2D eigenvalue weighted by molar-refractivity contribution is -0.139. The molecule has 0 radical (unpaired) electrons.